The summed E-state index contributed by atoms with van der Waals surface area (Å²) in [6, 6.07) is 11.0. The standard InChI is InChI=1S/C24H27F3N2O2/c1-16-11-17(2)13-20(12-16)23(31)29-10-6-8-19(15-29)22(30)28(3)14-18-7-4-5-9-21(18)24(25,26)27/h4-5,7,9,11-13,19H,6,8,10,14-15H2,1-3H3. The third kappa shape index (κ3) is 5.46. The van der Waals surface area contributed by atoms with Crippen LogP contribution < -0.4 is 0 Å². The molecule has 1 aliphatic heterocycles. The topological polar surface area (TPSA) is 40.6 Å². The Kier molecular flexibility index (Phi) is 6.72. The first kappa shape index (κ1) is 22.8. The van der Waals surface area contributed by atoms with Gasteiger partial charge >= 0.3 is 6.18 Å². The molecule has 0 aliphatic carbocycles. The van der Waals surface area contributed by atoms with Crippen molar-refractivity contribution in [3.8, 4) is 0 Å². The Morgan fingerprint density at radius 3 is 2.39 bits per heavy atom. The fourth-order valence-corrected chi connectivity index (χ4v) is 4.22. The molecule has 0 bridgehead atoms. The monoisotopic (exact) mass is 432 g/mol. The maximum absolute atomic E-state index is 13.3. The van der Waals surface area contributed by atoms with Crippen molar-refractivity contribution in [3.05, 3.63) is 70.3 Å². The predicted octanol–water partition coefficient (Wildman–Crippen LogP) is 4.83. The van der Waals surface area contributed by atoms with Crippen LogP contribution in [0.5, 0.6) is 0 Å². The summed E-state index contributed by atoms with van der Waals surface area (Å²) in [6.07, 6.45) is -3.18. The van der Waals surface area contributed by atoms with Crippen molar-refractivity contribution in [2.75, 3.05) is 20.1 Å². The zero-order chi connectivity index (χ0) is 22.8. The summed E-state index contributed by atoms with van der Waals surface area (Å²) >= 11 is 0. The number of piperidine rings is 1. The zero-order valence-corrected chi connectivity index (χ0v) is 18.0. The molecule has 31 heavy (non-hydrogen) atoms. The minimum absolute atomic E-state index is 0.0600. The lowest BCUT2D eigenvalue weighted by Crippen LogP contribution is -2.45. The van der Waals surface area contributed by atoms with Gasteiger partial charge in [0.15, 0.2) is 0 Å². The van der Waals surface area contributed by atoms with Gasteiger partial charge in [0.2, 0.25) is 5.91 Å². The third-order valence-electron chi connectivity index (χ3n) is 5.63. The van der Waals surface area contributed by atoms with Crippen molar-refractivity contribution in [2.45, 2.75) is 39.4 Å². The molecule has 0 spiro atoms. The summed E-state index contributed by atoms with van der Waals surface area (Å²) in [5.41, 5.74) is 1.92. The summed E-state index contributed by atoms with van der Waals surface area (Å²) in [7, 11) is 1.51. The minimum atomic E-state index is -4.47. The van der Waals surface area contributed by atoms with E-state index < -0.39 is 17.7 Å². The highest BCUT2D eigenvalue weighted by Gasteiger charge is 2.35. The first-order chi connectivity index (χ1) is 14.6. The van der Waals surface area contributed by atoms with Gasteiger partial charge in [-0.2, -0.15) is 13.2 Å². The van der Waals surface area contributed by atoms with Crippen LogP contribution in [-0.2, 0) is 17.5 Å². The zero-order valence-electron chi connectivity index (χ0n) is 18.0. The molecule has 7 heteroatoms. The Balaban J connectivity index is 1.70. The van der Waals surface area contributed by atoms with Crippen LogP contribution in [0.2, 0.25) is 0 Å². The summed E-state index contributed by atoms with van der Waals surface area (Å²) in [5.74, 6) is -0.782. The molecular formula is C24H27F3N2O2. The van der Waals surface area contributed by atoms with E-state index in [1.165, 1.54) is 30.1 Å². The van der Waals surface area contributed by atoms with Gasteiger partial charge in [-0.05, 0) is 50.5 Å². The number of benzene rings is 2. The average Bonchev–Trinajstić information content (AvgIpc) is 2.71. The first-order valence-electron chi connectivity index (χ1n) is 10.3. The Morgan fingerprint density at radius 1 is 1.10 bits per heavy atom. The molecule has 2 aromatic rings. The first-order valence-corrected chi connectivity index (χ1v) is 10.3. The van der Waals surface area contributed by atoms with Crippen LogP contribution >= 0.6 is 0 Å². The lowest BCUT2D eigenvalue weighted by molar-refractivity contribution is -0.141. The summed E-state index contributed by atoms with van der Waals surface area (Å²) in [6.45, 7) is 4.57. The molecule has 0 N–H and O–H groups in total. The minimum Gasteiger partial charge on any atom is -0.341 e. The van der Waals surface area contributed by atoms with Gasteiger partial charge in [0.05, 0.1) is 11.5 Å². The second kappa shape index (κ2) is 9.12. The number of hydrogen-bond acceptors (Lipinski definition) is 2. The van der Waals surface area contributed by atoms with E-state index in [0.717, 1.165) is 17.2 Å². The fourth-order valence-electron chi connectivity index (χ4n) is 4.22. The highest BCUT2D eigenvalue weighted by Crippen LogP contribution is 2.32. The molecule has 0 saturated carbocycles. The van der Waals surface area contributed by atoms with Crippen molar-refractivity contribution in [2.24, 2.45) is 5.92 Å². The van der Waals surface area contributed by atoms with Crippen LogP contribution in [0.15, 0.2) is 42.5 Å². The molecule has 2 amide bonds. The van der Waals surface area contributed by atoms with Crippen LogP contribution in [0.4, 0.5) is 13.2 Å². The van der Waals surface area contributed by atoms with Crippen LogP contribution in [-0.4, -0.2) is 41.8 Å². The largest absolute Gasteiger partial charge is 0.416 e. The average molecular weight is 432 g/mol. The number of rotatable bonds is 4. The molecule has 4 nitrogen and oxygen atoms in total. The van der Waals surface area contributed by atoms with Gasteiger partial charge in [0, 0.05) is 32.2 Å². The molecule has 0 radical (unpaired) electrons. The normalized spacial score (nSPS) is 16.8. The third-order valence-corrected chi connectivity index (χ3v) is 5.63. The quantitative estimate of drug-likeness (QED) is 0.694. The maximum atomic E-state index is 13.3. The molecule has 1 saturated heterocycles. The molecule has 0 aromatic heterocycles. The van der Waals surface area contributed by atoms with E-state index >= 15 is 0 Å². The van der Waals surface area contributed by atoms with Gasteiger partial charge < -0.3 is 9.80 Å². The van der Waals surface area contributed by atoms with E-state index in [0.29, 0.717) is 24.9 Å². The molecule has 166 valence electrons. The Morgan fingerprint density at radius 2 is 1.74 bits per heavy atom. The van der Waals surface area contributed by atoms with Gasteiger partial charge in [-0.1, -0.05) is 35.4 Å². The Hall–Kier alpha value is -2.83. The predicted molar refractivity (Wildman–Crippen MR) is 112 cm³/mol. The van der Waals surface area contributed by atoms with Crippen molar-refractivity contribution < 1.29 is 22.8 Å². The van der Waals surface area contributed by atoms with Crippen LogP contribution in [0.25, 0.3) is 0 Å². The van der Waals surface area contributed by atoms with Gasteiger partial charge in [0.25, 0.3) is 5.91 Å². The molecule has 1 aliphatic rings. The highest BCUT2D eigenvalue weighted by molar-refractivity contribution is 5.95. The van der Waals surface area contributed by atoms with Crippen LogP contribution in [0.3, 0.4) is 0 Å². The van der Waals surface area contributed by atoms with E-state index in [9.17, 15) is 22.8 Å². The SMILES string of the molecule is Cc1cc(C)cc(C(=O)N2CCCC(C(=O)N(C)Cc3ccccc3C(F)(F)F)C2)c1. The molecule has 1 atom stereocenters. The van der Waals surface area contributed by atoms with Gasteiger partial charge in [-0.15, -0.1) is 0 Å². The van der Waals surface area contributed by atoms with E-state index in [1.807, 2.05) is 32.0 Å². The highest BCUT2D eigenvalue weighted by atomic mass is 19.4. The van der Waals surface area contributed by atoms with E-state index in [2.05, 4.69) is 0 Å². The van der Waals surface area contributed by atoms with Gasteiger partial charge in [0.1, 0.15) is 0 Å². The number of hydrogen-bond donors (Lipinski definition) is 0. The summed E-state index contributed by atoms with van der Waals surface area (Å²) < 4.78 is 39.8. The van der Waals surface area contributed by atoms with E-state index in [4.69, 9.17) is 0 Å². The number of carbonyl (C=O) groups excluding carboxylic acids is 2. The Labute approximate surface area is 180 Å². The lowest BCUT2D eigenvalue weighted by atomic mass is 9.95. The number of nitrogens with zero attached hydrogens (tertiary/aromatic N) is 2. The number of carbonyl (C=O) groups is 2. The molecular weight excluding hydrogens is 405 g/mol. The van der Waals surface area contributed by atoms with Crippen molar-refractivity contribution in [1.29, 1.82) is 0 Å². The number of aryl methyl sites for hydroxylation is 2. The van der Waals surface area contributed by atoms with Crippen LogP contribution in [0, 0.1) is 19.8 Å². The second-order valence-corrected chi connectivity index (χ2v) is 8.32. The molecule has 3 rings (SSSR count). The fraction of sp³-hybridized carbons (Fsp3) is 0.417. The number of amides is 2. The van der Waals surface area contributed by atoms with E-state index in [-0.39, 0.29) is 30.5 Å². The maximum Gasteiger partial charge on any atom is 0.416 e. The Bertz CT molecular complexity index is 951. The molecule has 2 aromatic carbocycles. The summed E-state index contributed by atoms with van der Waals surface area (Å²) in [4.78, 5) is 29.0. The molecule has 1 fully saturated rings. The smallest absolute Gasteiger partial charge is 0.341 e. The van der Waals surface area contributed by atoms with Crippen molar-refractivity contribution in [1.82, 2.24) is 9.80 Å². The number of likely N-dealkylation sites (tertiary alicyclic amines) is 1. The van der Waals surface area contributed by atoms with Gasteiger partial charge in [-0.3, -0.25) is 9.59 Å². The van der Waals surface area contributed by atoms with E-state index in [1.54, 1.807) is 4.90 Å². The van der Waals surface area contributed by atoms with Crippen molar-refractivity contribution >= 4 is 11.8 Å². The van der Waals surface area contributed by atoms with Crippen LogP contribution in [0.1, 0.15) is 45.5 Å². The second-order valence-electron chi connectivity index (χ2n) is 8.32. The van der Waals surface area contributed by atoms with Gasteiger partial charge in [-0.25, -0.2) is 0 Å². The molecule has 1 heterocycles. The molecule has 1 unspecified atom stereocenters. The summed E-state index contributed by atoms with van der Waals surface area (Å²) in [5, 5.41) is 0. The lowest BCUT2D eigenvalue weighted by Gasteiger charge is -2.34. The van der Waals surface area contributed by atoms with Crippen molar-refractivity contribution in [3.63, 3.8) is 0 Å². The number of halogens is 3. The number of alkyl halides is 3.